The van der Waals surface area contributed by atoms with Crippen LogP contribution in [0.5, 0.6) is 5.75 Å². The van der Waals surface area contributed by atoms with Crippen molar-refractivity contribution >= 4 is 35.0 Å². The molecule has 0 aromatic heterocycles. The zero-order valence-corrected chi connectivity index (χ0v) is 18.2. The van der Waals surface area contributed by atoms with Crippen molar-refractivity contribution in [3.05, 3.63) is 64.1 Å². The molecule has 0 unspecified atom stereocenters. The molecular weight excluding hydrogens is 411 g/mol. The van der Waals surface area contributed by atoms with Crippen LogP contribution in [0.15, 0.2) is 48.5 Å². The second kappa shape index (κ2) is 11.7. The second-order valence-electron chi connectivity index (χ2n) is 6.71. The van der Waals surface area contributed by atoms with Crippen LogP contribution >= 0.6 is 23.2 Å². The Hall–Kier alpha value is -2.24. The number of halogens is 2. The van der Waals surface area contributed by atoms with Crippen molar-refractivity contribution in [1.29, 1.82) is 0 Å². The van der Waals surface area contributed by atoms with Gasteiger partial charge in [-0.2, -0.15) is 0 Å². The van der Waals surface area contributed by atoms with E-state index in [1.54, 1.807) is 43.3 Å². The Morgan fingerprint density at radius 1 is 1.10 bits per heavy atom. The van der Waals surface area contributed by atoms with Gasteiger partial charge in [-0.3, -0.25) is 9.59 Å². The Morgan fingerprint density at radius 2 is 1.83 bits per heavy atom. The summed E-state index contributed by atoms with van der Waals surface area (Å²) in [6.07, 6.45) is 1.87. The summed E-state index contributed by atoms with van der Waals surface area (Å²) in [5.41, 5.74) is 0.838. The zero-order chi connectivity index (χ0) is 21.2. The number of rotatable bonds is 10. The van der Waals surface area contributed by atoms with Crippen molar-refractivity contribution in [2.75, 3.05) is 13.2 Å². The highest BCUT2D eigenvalue weighted by Crippen LogP contribution is 2.17. The number of carbonyl (C=O) groups excluding carboxylic acids is 2. The number of unbranched alkanes of at least 4 members (excludes halogenated alkanes) is 1. The van der Waals surface area contributed by atoms with Gasteiger partial charge in [0.1, 0.15) is 11.8 Å². The zero-order valence-electron chi connectivity index (χ0n) is 16.7. The molecule has 0 aliphatic carbocycles. The topological polar surface area (TPSA) is 58.6 Å². The minimum atomic E-state index is -0.646. The van der Waals surface area contributed by atoms with Crippen LogP contribution in [0.3, 0.4) is 0 Å². The van der Waals surface area contributed by atoms with Gasteiger partial charge >= 0.3 is 0 Å². The van der Waals surface area contributed by atoms with E-state index in [9.17, 15) is 9.59 Å². The first-order valence-corrected chi connectivity index (χ1v) is 10.4. The second-order valence-corrected chi connectivity index (χ2v) is 7.59. The largest absolute Gasteiger partial charge is 0.484 e. The molecule has 0 bridgehead atoms. The fourth-order valence-electron chi connectivity index (χ4n) is 2.71. The lowest BCUT2D eigenvalue weighted by Crippen LogP contribution is -2.49. The lowest BCUT2D eigenvalue weighted by molar-refractivity contribution is -0.142. The van der Waals surface area contributed by atoms with Crippen LogP contribution in [0.4, 0.5) is 0 Å². The van der Waals surface area contributed by atoms with Crippen molar-refractivity contribution in [3.8, 4) is 5.75 Å². The van der Waals surface area contributed by atoms with Gasteiger partial charge in [0.15, 0.2) is 6.61 Å². The molecule has 156 valence electrons. The van der Waals surface area contributed by atoms with Crippen LogP contribution in [-0.4, -0.2) is 35.9 Å². The number of nitrogens with zero attached hydrogens (tertiary/aromatic N) is 1. The predicted octanol–water partition coefficient (Wildman–Crippen LogP) is 4.71. The third-order valence-corrected chi connectivity index (χ3v) is 4.90. The van der Waals surface area contributed by atoms with Gasteiger partial charge in [0, 0.05) is 23.1 Å². The monoisotopic (exact) mass is 436 g/mol. The number of hydrogen-bond donors (Lipinski definition) is 1. The smallest absolute Gasteiger partial charge is 0.261 e. The van der Waals surface area contributed by atoms with Crippen LogP contribution in [0, 0.1) is 0 Å². The van der Waals surface area contributed by atoms with Gasteiger partial charge < -0.3 is 15.0 Å². The maximum absolute atomic E-state index is 12.9. The van der Waals surface area contributed by atoms with E-state index in [1.165, 1.54) is 4.90 Å². The van der Waals surface area contributed by atoms with Crippen LogP contribution in [-0.2, 0) is 16.1 Å². The number of amides is 2. The lowest BCUT2D eigenvalue weighted by Gasteiger charge is -2.28. The molecule has 0 heterocycles. The Bertz CT molecular complexity index is 812. The third kappa shape index (κ3) is 7.59. The normalized spacial score (nSPS) is 11.6. The highest BCUT2D eigenvalue weighted by molar-refractivity contribution is 6.30. The van der Waals surface area contributed by atoms with Crippen LogP contribution < -0.4 is 10.1 Å². The number of benzene rings is 2. The van der Waals surface area contributed by atoms with Gasteiger partial charge in [0.05, 0.1) is 0 Å². The first kappa shape index (κ1) is 23.0. The fourth-order valence-corrected chi connectivity index (χ4v) is 3.05. The van der Waals surface area contributed by atoms with Crippen molar-refractivity contribution in [3.63, 3.8) is 0 Å². The minimum absolute atomic E-state index is 0.186. The van der Waals surface area contributed by atoms with Gasteiger partial charge in [0.2, 0.25) is 5.91 Å². The maximum Gasteiger partial charge on any atom is 0.261 e. The highest BCUT2D eigenvalue weighted by atomic mass is 35.5. The molecule has 2 aromatic rings. The van der Waals surface area contributed by atoms with E-state index in [-0.39, 0.29) is 25.0 Å². The summed E-state index contributed by atoms with van der Waals surface area (Å²) in [7, 11) is 0. The summed E-state index contributed by atoms with van der Waals surface area (Å²) < 4.78 is 5.59. The van der Waals surface area contributed by atoms with Crippen LogP contribution in [0.1, 0.15) is 32.3 Å². The maximum atomic E-state index is 12.9. The standard InChI is InChI=1S/C22H26Cl2N2O3/c1-3-4-12-25-22(28)16(2)26(14-17-6-5-7-19(24)13-17)21(27)15-29-20-10-8-18(23)9-11-20/h5-11,13,16H,3-4,12,14-15H2,1-2H3,(H,25,28)/t16-/m0/s1. The molecule has 5 nitrogen and oxygen atoms in total. The lowest BCUT2D eigenvalue weighted by atomic mass is 10.1. The first-order valence-electron chi connectivity index (χ1n) is 9.60. The van der Waals surface area contributed by atoms with Crippen LogP contribution in [0.2, 0.25) is 10.0 Å². The molecule has 0 aliphatic rings. The quantitative estimate of drug-likeness (QED) is 0.548. The molecule has 0 aliphatic heterocycles. The Balaban J connectivity index is 2.10. The van der Waals surface area contributed by atoms with E-state index in [4.69, 9.17) is 27.9 Å². The molecule has 1 N–H and O–H groups in total. The van der Waals surface area contributed by atoms with E-state index in [0.717, 1.165) is 18.4 Å². The molecule has 0 spiro atoms. The third-order valence-electron chi connectivity index (χ3n) is 4.41. The summed E-state index contributed by atoms with van der Waals surface area (Å²) in [5.74, 6) is 0.0453. The average Bonchev–Trinajstić information content (AvgIpc) is 2.71. The summed E-state index contributed by atoms with van der Waals surface area (Å²) >= 11 is 11.9. The SMILES string of the molecule is CCCCNC(=O)[C@H](C)N(Cc1cccc(Cl)c1)C(=O)COc1ccc(Cl)cc1. The molecule has 29 heavy (non-hydrogen) atoms. The van der Waals surface area contributed by atoms with Gasteiger partial charge in [-0.1, -0.05) is 48.7 Å². The van der Waals surface area contributed by atoms with Crippen LogP contribution in [0.25, 0.3) is 0 Å². The summed E-state index contributed by atoms with van der Waals surface area (Å²) in [6.45, 7) is 4.42. The van der Waals surface area contributed by atoms with Crippen molar-refractivity contribution in [1.82, 2.24) is 10.2 Å². The Labute approximate surface area is 181 Å². The average molecular weight is 437 g/mol. The molecular formula is C22H26Cl2N2O3. The van der Waals surface area contributed by atoms with Gasteiger partial charge in [-0.25, -0.2) is 0 Å². The molecule has 2 rings (SSSR count). The van der Waals surface area contributed by atoms with E-state index in [1.807, 2.05) is 12.1 Å². The van der Waals surface area contributed by atoms with Gasteiger partial charge in [-0.15, -0.1) is 0 Å². The number of nitrogens with one attached hydrogen (secondary N) is 1. The van der Waals surface area contributed by atoms with Gasteiger partial charge in [0.25, 0.3) is 5.91 Å². The molecule has 1 atom stereocenters. The molecule has 0 fully saturated rings. The van der Waals surface area contributed by atoms with E-state index in [2.05, 4.69) is 12.2 Å². The first-order chi connectivity index (χ1) is 13.9. The molecule has 2 amide bonds. The molecule has 7 heteroatoms. The van der Waals surface area contributed by atoms with Crippen molar-refractivity contribution in [2.24, 2.45) is 0 Å². The van der Waals surface area contributed by atoms with E-state index < -0.39 is 6.04 Å². The number of carbonyl (C=O) groups is 2. The molecule has 2 aromatic carbocycles. The fraction of sp³-hybridized carbons (Fsp3) is 0.364. The summed E-state index contributed by atoms with van der Waals surface area (Å²) in [5, 5.41) is 4.04. The Morgan fingerprint density at radius 3 is 2.48 bits per heavy atom. The molecule has 0 saturated heterocycles. The van der Waals surface area contributed by atoms with Crippen molar-refractivity contribution < 1.29 is 14.3 Å². The van der Waals surface area contributed by atoms with Gasteiger partial charge in [-0.05, 0) is 55.3 Å². The van der Waals surface area contributed by atoms with E-state index >= 15 is 0 Å². The number of ether oxygens (including phenoxy) is 1. The molecule has 0 saturated carbocycles. The summed E-state index contributed by atoms with van der Waals surface area (Å²) in [4.78, 5) is 27.0. The summed E-state index contributed by atoms with van der Waals surface area (Å²) in [6, 6.07) is 13.3. The molecule has 0 radical (unpaired) electrons. The minimum Gasteiger partial charge on any atom is -0.484 e. The number of hydrogen-bond acceptors (Lipinski definition) is 3. The predicted molar refractivity (Wildman–Crippen MR) is 116 cm³/mol. The van der Waals surface area contributed by atoms with Crippen molar-refractivity contribution in [2.45, 2.75) is 39.3 Å². The highest BCUT2D eigenvalue weighted by Gasteiger charge is 2.26. The van der Waals surface area contributed by atoms with E-state index in [0.29, 0.717) is 22.3 Å². The Kier molecular flexibility index (Phi) is 9.29.